The van der Waals surface area contributed by atoms with E-state index >= 15 is 18.4 Å². The van der Waals surface area contributed by atoms with Crippen molar-refractivity contribution >= 4 is 46.5 Å². The van der Waals surface area contributed by atoms with Gasteiger partial charge in [0.05, 0.1) is 25.2 Å². The molecule has 0 unspecified atom stereocenters. The van der Waals surface area contributed by atoms with Gasteiger partial charge >= 0.3 is 0 Å². The van der Waals surface area contributed by atoms with Crippen LogP contribution in [0.2, 0.25) is 0 Å². The molecule has 0 aliphatic carbocycles. The van der Waals surface area contributed by atoms with E-state index in [1.54, 1.807) is 42.2 Å². The van der Waals surface area contributed by atoms with Gasteiger partial charge in [0.2, 0.25) is 17.7 Å². The molecule has 14 nitrogen and oxygen atoms in total. The fourth-order valence-corrected chi connectivity index (χ4v) is 11.6. The lowest BCUT2D eigenvalue weighted by Gasteiger charge is -2.43. The number of rotatable bonds is 16. The first kappa shape index (κ1) is 53.8. The summed E-state index contributed by atoms with van der Waals surface area (Å²) >= 11 is 0. The Hall–Kier alpha value is -5.98. The second-order valence-corrected chi connectivity index (χ2v) is 21.6. The maximum atomic E-state index is 15.2. The number of carbonyl (C=O) groups is 5. The number of hydrogen-bond donors (Lipinski definition) is 3. The fourth-order valence-electron chi connectivity index (χ4n) is 11.6. The van der Waals surface area contributed by atoms with Crippen molar-refractivity contribution < 1.29 is 46.6 Å². The number of para-hydroxylation sites is 1. The van der Waals surface area contributed by atoms with E-state index in [0.717, 1.165) is 36.3 Å². The van der Waals surface area contributed by atoms with Crippen LogP contribution >= 0.6 is 0 Å². The number of anilines is 3. The maximum Gasteiger partial charge on any atom is 0.252 e. The molecule has 3 saturated heterocycles. The first-order chi connectivity index (χ1) is 36.0. The number of ether oxygens (including phenoxy) is 2. The number of hydrogen-bond acceptors (Lipinski definition) is 10. The second-order valence-electron chi connectivity index (χ2n) is 21.6. The van der Waals surface area contributed by atoms with Crippen LogP contribution in [0.15, 0.2) is 78.9 Å². The molecule has 5 aliphatic heterocycles. The molecule has 7 atom stereocenters. The third-order valence-corrected chi connectivity index (χ3v) is 16.4. The molecule has 0 aromatic heterocycles. The number of piperazine rings is 1. The molecule has 75 heavy (non-hydrogen) atoms. The lowest BCUT2D eigenvalue weighted by atomic mass is 9.80. The minimum Gasteiger partial charge on any atom is -0.381 e. The van der Waals surface area contributed by atoms with Crippen molar-refractivity contribution in [3.05, 3.63) is 124 Å². The predicted octanol–water partition coefficient (Wildman–Crippen LogP) is 7.39. The van der Waals surface area contributed by atoms with Crippen LogP contribution in [0.1, 0.15) is 94.2 Å². The number of amides is 4. The highest BCUT2D eigenvalue weighted by Crippen LogP contribution is 2.44. The standard InChI is InChI=1S/C58H70F3N7O7/c1-6-35(2)51(69)27-46(40-18-21-74-22-19-40)56(72)67-30-41-13-16-43(26-45(41)54(67)55(71)64-53-48(60)8-7-9-49(53)61)63-57(73)58(5)34-68(50-25-39(12-17-47(50)58)24-38-10-14-42(59)15-11-38)52(70)32-66-29-36(3)62-28-44(66)31-65-20-23-75-33-37(65)4/h7-17,25-26,35-37,40,44,46,54,62H,6,18-24,27-34H2,1-5H3,(H,63,73)(H,64,71)/t35-,36-,37-,44-,46+,54+,58+/m1/s1. The highest BCUT2D eigenvalue weighted by molar-refractivity contribution is 6.07. The quantitative estimate of drug-likeness (QED) is 0.104. The Morgan fingerprint density at radius 1 is 0.867 bits per heavy atom. The van der Waals surface area contributed by atoms with Gasteiger partial charge < -0.3 is 35.2 Å². The molecular weight excluding hydrogens is 964 g/mol. The van der Waals surface area contributed by atoms with Crippen LogP contribution in [0.25, 0.3) is 0 Å². The summed E-state index contributed by atoms with van der Waals surface area (Å²) in [6.07, 6.45) is 2.12. The van der Waals surface area contributed by atoms with E-state index in [1.807, 2.05) is 32.0 Å². The molecule has 0 saturated carbocycles. The van der Waals surface area contributed by atoms with Crippen molar-refractivity contribution in [1.29, 1.82) is 0 Å². The molecular formula is C58H70F3N7O7. The predicted molar refractivity (Wildman–Crippen MR) is 279 cm³/mol. The first-order valence-electron chi connectivity index (χ1n) is 26.6. The molecule has 3 N–H and O–H groups in total. The van der Waals surface area contributed by atoms with Gasteiger partial charge in [-0.05, 0) is 123 Å². The third-order valence-electron chi connectivity index (χ3n) is 16.4. The average Bonchev–Trinajstić information content (AvgIpc) is 3.95. The smallest absolute Gasteiger partial charge is 0.252 e. The van der Waals surface area contributed by atoms with Gasteiger partial charge in [-0.15, -0.1) is 0 Å². The number of benzene rings is 4. The molecule has 4 aromatic carbocycles. The summed E-state index contributed by atoms with van der Waals surface area (Å²) in [5.74, 6) is -5.54. The topological polar surface area (TPSA) is 153 Å². The highest BCUT2D eigenvalue weighted by atomic mass is 19.1. The van der Waals surface area contributed by atoms with Gasteiger partial charge in [0, 0.05) is 100 Å². The highest BCUT2D eigenvalue weighted by Gasteiger charge is 2.49. The molecule has 5 aliphatic rings. The van der Waals surface area contributed by atoms with E-state index < -0.39 is 52.4 Å². The van der Waals surface area contributed by atoms with Gasteiger partial charge in [-0.3, -0.25) is 33.8 Å². The van der Waals surface area contributed by atoms with Crippen LogP contribution < -0.4 is 20.9 Å². The van der Waals surface area contributed by atoms with Gasteiger partial charge in [-0.25, -0.2) is 13.2 Å². The summed E-state index contributed by atoms with van der Waals surface area (Å²) in [7, 11) is 0. The van der Waals surface area contributed by atoms with E-state index in [0.29, 0.717) is 93.3 Å². The molecule has 17 heteroatoms. The maximum absolute atomic E-state index is 15.2. The Morgan fingerprint density at radius 3 is 2.32 bits per heavy atom. The summed E-state index contributed by atoms with van der Waals surface area (Å²) in [6, 6.07) is 19.3. The summed E-state index contributed by atoms with van der Waals surface area (Å²) in [6.45, 7) is 15.0. The second kappa shape index (κ2) is 23.1. The van der Waals surface area contributed by atoms with Crippen LogP contribution in [0.5, 0.6) is 0 Å². The van der Waals surface area contributed by atoms with Crippen molar-refractivity contribution in [3.63, 3.8) is 0 Å². The first-order valence-corrected chi connectivity index (χ1v) is 26.6. The fraction of sp³-hybridized carbons (Fsp3) is 0.500. The van der Waals surface area contributed by atoms with E-state index in [-0.39, 0.29) is 73.5 Å². The number of Topliss-reactive ketones (excluding diaryl/α,β-unsaturated/α-hetero) is 1. The minimum absolute atomic E-state index is 0.0230. The summed E-state index contributed by atoms with van der Waals surface area (Å²) < 4.78 is 55.6. The van der Waals surface area contributed by atoms with Crippen molar-refractivity contribution in [2.24, 2.45) is 17.8 Å². The molecule has 0 spiro atoms. The lowest BCUT2D eigenvalue weighted by molar-refractivity contribution is -0.147. The molecule has 4 aromatic rings. The molecule has 0 radical (unpaired) electrons. The Balaban J connectivity index is 1.02. The SMILES string of the molecule is CC[C@@H](C)C(=O)C[C@H](C(=O)N1Cc2ccc(NC(=O)[C@@]3(C)CN(C(=O)CN4C[C@@H](C)NC[C@@H]4CN4CCOC[C@H]4C)c4cc(Cc5ccc(F)cc5)ccc43)cc2[C@H]1C(=O)Nc1c(F)cccc1F)C1CCOCC1. The van der Waals surface area contributed by atoms with Crippen molar-refractivity contribution in [3.8, 4) is 0 Å². The Kier molecular flexibility index (Phi) is 16.6. The summed E-state index contributed by atoms with van der Waals surface area (Å²) in [4.78, 5) is 80.9. The molecule has 0 bridgehead atoms. The molecule has 9 rings (SSSR count). The van der Waals surface area contributed by atoms with E-state index in [2.05, 4.69) is 39.6 Å². The van der Waals surface area contributed by atoms with Crippen LogP contribution in [0, 0.1) is 35.2 Å². The van der Waals surface area contributed by atoms with Gasteiger partial charge in [-0.2, -0.15) is 0 Å². The van der Waals surface area contributed by atoms with Crippen LogP contribution in [0.3, 0.4) is 0 Å². The molecule has 400 valence electrons. The number of morpholine rings is 1. The molecule has 3 fully saturated rings. The Labute approximate surface area is 437 Å². The number of nitrogens with one attached hydrogen (secondary N) is 3. The third kappa shape index (κ3) is 11.7. The molecule has 4 amide bonds. The Morgan fingerprint density at radius 2 is 1.60 bits per heavy atom. The van der Waals surface area contributed by atoms with Gasteiger partial charge in [0.15, 0.2) is 0 Å². The lowest BCUT2D eigenvalue weighted by Crippen LogP contribution is -2.62. The number of nitrogens with zero attached hydrogens (tertiary/aromatic N) is 4. The number of carbonyl (C=O) groups excluding carboxylic acids is 5. The van der Waals surface area contributed by atoms with Crippen LogP contribution in [-0.2, 0) is 51.8 Å². The minimum atomic E-state index is -1.39. The van der Waals surface area contributed by atoms with Crippen molar-refractivity contribution in [2.75, 3.05) is 81.2 Å². The van der Waals surface area contributed by atoms with Crippen LogP contribution in [-0.4, -0.2) is 128 Å². The monoisotopic (exact) mass is 1030 g/mol. The van der Waals surface area contributed by atoms with Gasteiger partial charge in [0.1, 0.15) is 35.0 Å². The summed E-state index contributed by atoms with van der Waals surface area (Å²) in [5, 5.41) is 9.11. The number of fused-ring (bicyclic) bond motifs is 2. The van der Waals surface area contributed by atoms with E-state index in [1.165, 1.54) is 23.1 Å². The van der Waals surface area contributed by atoms with Gasteiger partial charge in [0.25, 0.3) is 5.91 Å². The van der Waals surface area contributed by atoms with Crippen LogP contribution in [0.4, 0.5) is 30.2 Å². The molecule has 5 heterocycles. The van der Waals surface area contributed by atoms with Gasteiger partial charge in [-0.1, -0.05) is 50.2 Å². The Bertz CT molecular complexity index is 2750. The number of ketones is 1. The van der Waals surface area contributed by atoms with Crippen molar-refractivity contribution in [1.82, 2.24) is 20.0 Å². The zero-order valence-electron chi connectivity index (χ0n) is 43.6. The number of halogens is 3. The van der Waals surface area contributed by atoms with E-state index in [4.69, 9.17) is 9.47 Å². The largest absolute Gasteiger partial charge is 0.381 e. The van der Waals surface area contributed by atoms with Crippen molar-refractivity contribution in [2.45, 2.75) is 103 Å². The normalized spacial score (nSPS) is 24.1. The zero-order chi connectivity index (χ0) is 53.1. The average molecular weight is 1030 g/mol. The summed E-state index contributed by atoms with van der Waals surface area (Å²) in [5.41, 5.74) is 2.27. The zero-order valence-corrected chi connectivity index (χ0v) is 43.6. The van der Waals surface area contributed by atoms with E-state index in [9.17, 15) is 18.8 Å².